The number of benzene rings is 1. The van der Waals surface area contributed by atoms with Gasteiger partial charge in [0.15, 0.2) is 0 Å². The van der Waals surface area contributed by atoms with Crippen LogP contribution in [0.1, 0.15) is 10.4 Å². The lowest BCUT2D eigenvalue weighted by Crippen LogP contribution is -2.33. The number of aliphatic hydroxyl groups is 2. The quantitative estimate of drug-likeness (QED) is 0.721. The second-order valence-corrected chi connectivity index (χ2v) is 3.69. The Labute approximate surface area is 97.7 Å². The monoisotopic (exact) mass is 235 g/mol. The summed E-state index contributed by atoms with van der Waals surface area (Å²) < 4.78 is 5.23. The standard InChI is InChI=1S/C12H13NO4/c14-6-8(15)5-13-12(16)10-7-17-11-4-2-1-3-9(10)11/h1-4,7-8,14-15H,5-6H2,(H,13,16). The van der Waals surface area contributed by atoms with Gasteiger partial charge in [-0.3, -0.25) is 4.79 Å². The molecule has 1 aromatic heterocycles. The molecule has 0 saturated heterocycles. The number of hydrogen-bond donors (Lipinski definition) is 3. The van der Waals surface area contributed by atoms with E-state index in [4.69, 9.17) is 14.6 Å². The average molecular weight is 235 g/mol. The molecular weight excluding hydrogens is 222 g/mol. The number of fused-ring (bicyclic) bond motifs is 1. The largest absolute Gasteiger partial charge is 0.463 e. The molecule has 1 heterocycles. The first-order chi connectivity index (χ1) is 8.22. The van der Waals surface area contributed by atoms with Crippen molar-refractivity contribution in [3.05, 3.63) is 36.1 Å². The van der Waals surface area contributed by atoms with Gasteiger partial charge in [0.05, 0.1) is 18.3 Å². The van der Waals surface area contributed by atoms with Gasteiger partial charge in [0.25, 0.3) is 5.91 Å². The Balaban J connectivity index is 2.14. The van der Waals surface area contributed by atoms with Crippen LogP contribution in [-0.4, -0.2) is 35.4 Å². The first kappa shape index (κ1) is 11.6. The van der Waals surface area contributed by atoms with Gasteiger partial charge in [-0.2, -0.15) is 0 Å². The third kappa shape index (κ3) is 2.46. The van der Waals surface area contributed by atoms with E-state index in [0.29, 0.717) is 11.1 Å². The Morgan fingerprint density at radius 2 is 2.18 bits per heavy atom. The summed E-state index contributed by atoms with van der Waals surface area (Å²) in [5.41, 5.74) is 1.06. The smallest absolute Gasteiger partial charge is 0.255 e. The number of carbonyl (C=O) groups is 1. The van der Waals surface area contributed by atoms with Gasteiger partial charge in [-0.05, 0) is 6.07 Å². The molecule has 1 aromatic carbocycles. The summed E-state index contributed by atoms with van der Waals surface area (Å²) in [5, 5.41) is 21.0. The van der Waals surface area contributed by atoms with Gasteiger partial charge in [-0.25, -0.2) is 0 Å². The highest BCUT2D eigenvalue weighted by molar-refractivity contribution is 6.05. The minimum absolute atomic E-state index is 0.00877. The minimum atomic E-state index is -0.947. The molecule has 90 valence electrons. The zero-order valence-electron chi connectivity index (χ0n) is 9.09. The molecule has 0 bridgehead atoms. The summed E-state index contributed by atoms with van der Waals surface area (Å²) in [6.07, 6.45) is 0.433. The summed E-state index contributed by atoms with van der Waals surface area (Å²) in [5.74, 6) is -0.331. The molecular formula is C12H13NO4. The highest BCUT2D eigenvalue weighted by Gasteiger charge is 2.13. The number of para-hydroxylation sites is 1. The van der Waals surface area contributed by atoms with Crippen LogP contribution in [-0.2, 0) is 0 Å². The van der Waals surface area contributed by atoms with E-state index in [1.165, 1.54) is 6.26 Å². The van der Waals surface area contributed by atoms with Crippen LogP contribution in [0.15, 0.2) is 34.9 Å². The summed E-state index contributed by atoms with van der Waals surface area (Å²) >= 11 is 0. The van der Waals surface area contributed by atoms with Crippen LogP contribution in [0.4, 0.5) is 0 Å². The van der Waals surface area contributed by atoms with E-state index < -0.39 is 6.10 Å². The maximum atomic E-state index is 11.8. The number of carbonyl (C=O) groups excluding carboxylic acids is 1. The molecule has 1 amide bonds. The number of hydrogen-bond acceptors (Lipinski definition) is 4. The van der Waals surface area contributed by atoms with Crippen molar-refractivity contribution in [2.45, 2.75) is 6.10 Å². The lowest BCUT2D eigenvalue weighted by Gasteiger charge is -2.07. The van der Waals surface area contributed by atoms with E-state index in [1.54, 1.807) is 12.1 Å². The van der Waals surface area contributed by atoms with Crippen LogP contribution in [0, 0.1) is 0 Å². The van der Waals surface area contributed by atoms with Gasteiger partial charge in [0.2, 0.25) is 0 Å². The predicted molar refractivity (Wildman–Crippen MR) is 61.6 cm³/mol. The second-order valence-electron chi connectivity index (χ2n) is 3.69. The fraction of sp³-hybridized carbons (Fsp3) is 0.250. The summed E-state index contributed by atoms with van der Waals surface area (Å²) in [6.45, 7) is -0.374. The summed E-state index contributed by atoms with van der Waals surface area (Å²) in [4.78, 5) is 11.8. The topological polar surface area (TPSA) is 82.7 Å². The van der Waals surface area contributed by atoms with Crippen molar-refractivity contribution in [3.8, 4) is 0 Å². The van der Waals surface area contributed by atoms with E-state index in [0.717, 1.165) is 5.39 Å². The second kappa shape index (κ2) is 4.99. The first-order valence-corrected chi connectivity index (χ1v) is 5.25. The van der Waals surface area contributed by atoms with E-state index in [1.807, 2.05) is 12.1 Å². The molecule has 5 heteroatoms. The van der Waals surface area contributed by atoms with Crippen LogP contribution in [0.3, 0.4) is 0 Å². The van der Waals surface area contributed by atoms with E-state index in [2.05, 4.69) is 5.32 Å². The molecule has 0 aliphatic carbocycles. The van der Waals surface area contributed by atoms with Gasteiger partial charge < -0.3 is 19.9 Å². The number of furan rings is 1. The van der Waals surface area contributed by atoms with Crippen molar-refractivity contribution in [1.29, 1.82) is 0 Å². The normalized spacial score (nSPS) is 12.6. The maximum absolute atomic E-state index is 11.8. The van der Waals surface area contributed by atoms with Gasteiger partial charge in [-0.15, -0.1) is 0 Å². The molecule has 0 spiro atoms. The average Bonchev–Trinajstić information content (AvgIpc) is 2.79. The minimum Gasteiger partial charge on any atom is -0.463 e. The predicted octanol–water partition coefficient (Wildman–Crippen LogP) is 0.516. The van der Waals surface area contributed by atoms with Crippen LogP contribution in [0.5, 0.6) is 0 Å². The van der Waals surface area contributed by atoms with Gasteiger partial charge in [0, 0.05) is 11.9 Å². The fourth-order valence-electron chi connectivity index (χ4n) is 1.52. The lowest BCUT2D eigenvalue weighted by molar-refractivity contribution is 0.0802. The van der Waals surface area contributed by atoms with Gasteiger partial charge >= 0.3 is 0 Å². The van der Waals surface area contributed by atoms with Gasteiger partial charge in [0.1, 0.15) is 11.8 Å². The van der Waals surface area contributed by atoms with Crippen molar-refractivity contribution in [1.82, 2.24) is 5.32 Å². The Kier molecular flexibility index (Phi) is 3.41. The number of rotatable bonds is 4. The fourth-order valence-corrected chi connectivity index (χ4v) is 1.52. The molecule has 0 fully saturated rings. The molecule has 2 aromatic rings. The van der Waals surface area contributed by atoms with E-state index in [-0.39, 0.29) is 19.1 Å². The van der Waals surface area contributed by atoms with Crippen molar-refractivity contribution >= 4 is 16.9 Å². The molecule has 0 aliphatic heterocycles. The highest BCUT2D eigenvalue weighted by atomic mass is 16.3. The Morgan fingerprint density at radius 1 is 1.41 bits per heavy atom. The number of aliphatic hydroxyl groups excluding tert-OH is 2. The zero-order chi connectivity index (χ0) is 12.3. The molecule has 3 N–H and O–H groups in total. The molecule has 2 rings (SSSR count). The van der Waals surface area contributed by atoms with Gasteiger partial charge in [-0.1, -0.05) is 18.2 Å². The summed E-state index contributed by atoms with van der Waals surface area (Å²) in [7, 11) is 0. The molecule has 1 atom stereocenters. The van der Waals surface area contributed by atoms with Crippen LogP contribution in [0.2, 0.25) is 0 Å². The molecule has 0 saturated carbocycles. The molecule has 0 radical (unpaired) electrons. The van der Waals surface area contributed by atoms with Crippen molar-refractivity contribution < 1.29 is 19.4 Å². The maximum Gasteiger partial charge on any atom is 0.255 e. The van der Waals surface area contributed by atoms with Crippen molar-refractivity contribution in [2.24, 2.45) is 0 Å². The highest BCUT2D eigenvalue weighted by Crippen LogP contribution is 2.20. The number of nitrogens with one attached hydrogen (secondary N) is 1. The lowest BCUT2D eigenvalue weighted by atomic mass is 10.1. The number of amides is 1. The summed E-state index contributed by atoms with van der Waals surface area (Å²) in [6, 6.07) is 7.20. The third-order valence-corrected chi connectivity index (χ3v) is 2.43. The Bertz CT molecular complexity index is 520. The Hall–Kier alpha value is -1.85. The molecule has 17 heavy (non-hydrogen) atoms. The van der Waals surface area contributed by atoms with Crippen molar-refractivity contribution in [2.75, 3.05) is 13.2 Å². The van der Waals surface area contributed by atoms with E-state index in [9.17, 15) is 4.79 Å². The van der Waals surface area contributed by atoms with E-state index >= 15 is 0 Å². The molecule has 5 nitrogen and oxygen atoms in total. The third-order valence-electron chi connectivity index (χ3n) is 2.43. The molecule has 1 unspecified atom stereocenters. The first-order valence-electron chi connectivity index (χ1n) is 5.25. The van der Waals surface area contributed by atoms with Crippen LogP contribution < -0.4 is 5.32 Å². The molecule has 0 aliphatic rings. The van der Waals surface area contributed by atoms with Crippen molar-refractivity contribution in [3.63, 3.8) is 0 Å². The SMILES string of the molecule is O=C(NCC(O)CO)c1coc2ccccc12. The van der Waals surface area contributed by atoms with Crippen LogP contribution >= 0.6 is 0 Å². The van der Waals surface area contributed by atoms with Crippen LogP contribution in [0.25, 0.3) is 11.0 Å². The zero-order valence-corrected chi connectivity index (χ0v) is 9.09. The Morgan fingerprint density at radius 3 is 2.94 bits per heavy atom.